The Balaban J connectivity index is 2.41. The molecular formula is C42H86N3O4P. The van der Waals surface area contributed by atoms with Crippen molar-refractivity contribution in [2.45, 2.75) is 219 Å². The fraction of sp³-hybridized carbons (Fsp3) is 0.976. The molecule has 8 heteroatoms. The van der Waals surface area contributed by atoms with E-state index in [9.17, 15) is 4.57 Å². The lowest BCUT2D eigenvalue weighted by Gasteiger charge is -2.25. The van der Waals surface area contributed by atoms with Gasteiger partial charge in [0.25, 0.3) is 0 Å². The van der Waals surface area contributed by atoms with Gasteiger partial charge < -0.3 is 14.9 Å². The van der Waals surface area contributed by atoms with E-state index >= 15 is 0 Å². The van der Waals surface area contributed by atoms with Gasteiger partial charge in [-0.15, -0.1) is 4.76 Å². The first-order valence-electron chi connectivity index (χ1n) is 22.1. The van der Waals surface area contributed by atoms with Gasteiger partial charge in [-0.1, -0.05) is 194 Å². The van der Waals surface area contributed by atoms with E-state index < -0.39 is 7.75 Å². The Morgan fingerprint density at radius 1 is 0.520 bits per heavy atom. The van der Waals surface area contributed by atoms with E-state index in [2.05, 4.69) is 23.6 Å². The Bertz CT molecular complexity index is 757. The molecule has 1 aliphatic heterocycles. The zero-order chi connectivity index (χ0) is 36.2. The number of hydrogen-bond donors (Lipinski definition) is 1. The second-order valence-corrected chi connectivity index (χ2v) is 16.9. The minimum Gasteiger partial charge on any atom is -0.396 e. The van der Waals surface area contributed by atoms with E-state index in [1.807, 2.05) is 0 Å². The van der Waals surface area contributed by atoms with E-state index in [-0.39, 0.29) is 6.61 Å². The van der Waals surface area contributed by atoms with Crippen LogP contribution in [0.3, 0.4) is 0 Å². The number of hydrogen-bond acceptors (Lipinski definition) is 4. The van der Waals surface area contributed by atoms with Crippen molar-refractivity contribution in [1.29, 1.82) is 0 Å². The molecule has 0 spiro atoms. The van der Waals surface area contributed by atoms with Crippen molar-refractivity contribution in [3.63, 3.8) is 0 Å². The smallest absolute Gasteiger partial charge is 0.396 e. The summed E-state index contributed by atoms with van der Waals surface area (Å²) in [7, 11) is -2.11. The summed E-state index contributed by atoms with van der Waals surface area (Å²) in [6.07, 6.45) is 41.6. The van der Waals surface area contributed by atoms with Gasteiger partial charge in [-0.25, -0.2) is 4.57 Å². The van der Waals surface area contributed by atoms with Gasteiger partial charge in [-0.3, -0.25) is 9.05 Å². The van der Waals surface area contributed by atoms with E-state index in [4.69, 9.17) is 18.9 Å². The van der Waals surface area contributed by atoms with Crippen LogP contribution in [-0.2, 0) is 13.6 Å². The van der Waals surface area contributed by atoms with Crippen LogP contribution in [-0.4, -0.2) is 67.4 Å². The van der Waals surface area contributed by atoms with Crippen LogP contribution in [0.5, 0.6) is 0 Å². The van der Waals surface area contributed by atoms with E-state index in [1.165, 1.54) is 174 Å². The summed E-state index contributed by atoms with van der Waals surface area (Å²) in [6.45, 7) is 8.94. The van der Waals surface area contributed by atoms with Crippen LogP contribution >= 0.6 is 7.75 Å². The van der Waals surface area contributed by atoms with Gasteiger partial charge in [0.1, 0.15) is 0 Å². The molecule has 1 atom stereocenters. The molecule has 7 nitrogen and oxygen atoms in total. The average molecular weight is 728 g/mol. The molecule has 50 heavy (non-hydrogen) atoms. The number of aliphatic hydroxyl groups excluding tert-OH is 1. The highest BCUT2D eigenvalue weighted by Gasteiger charge is 2.31. The molecule has 298 valence electrons. The van der Waals surface area contributed by atoms with Crippen LogP contribution in [0, 0.1) is 0 Å². The topological polar surface area (TPSA) is 74.6 Å². The highest BCUT2D eigenvalue weighted by atomic mass is 31.2. The van der Waals surface area contributed by atoms with Gasteiger partial charge in [0.2, 0.25) is 5.96 Å². The number of guanidine groups is 1. The van der Waals surface area contributed by atoms with E-state index in [0.717, 1.165) is 70.7 Å². The molecule has 1 fully saturated rings. The molecule has 1 saturated heterocycles. The molecule has 0 radical (unpaired) electrons. The first kappa shape index (κ1) is 47.4. The Morgan fingerprint density at radius 3 is 1.18 bits per heavy atom. The van der Waals surface area contributed by atoms with Gasteiger partial charge in [-0.2, -0.15) is 0 Å². The van der Waals surface area contributed by atoms with Crippen molar-refractivity contribution < 1.29 is 18.7 Å². The molecule has 0 aromatic heterocycles. The molecule has 1 N–H and O–H groups in total. The molecule has 1 aliphatic rings. The van der Waals surface area contributed by atoms with Crippen molar-refractivity contribution in [2.75, 3.05) is 46.5 Å². The molecule has 0 amide bonds. The summed E-state index contributed by atoms with van der Waals surface area (Å²) in [5.74, 6) is 0.819. The van der Waals surface area contributed by atoms with Gasteiger partial charge in [0.15, 0.2) is 0 Å². The molecular weight excluding hydrogens is 641 g/mol. The summed E-state index contributed by atoms with van der Waals surface area (Å²) in [4.78, 5) is 4.67. The van der Waals surface area contributed by atoms with Crippen molar-refractivity contribution >= 4 is 13.7 Å². The Kier molecular flexibility index (Phi) is 33.6. The third-order valence-electron chi connectivity index (χ3n) is 10.5. The Labute approximate surface area is 312 Å². The molecule has 0 aromatic rings. The molecule has 1 heterocycles. The normalized spacial score (nSPS) is 14.6. The summed E-state index contributed by atoms with van der Waals surface area (Å²) in [5.41, 5.74) is 0. The van der Waals surface area contributed by atoms with Crippen LogP contribution in [0.2, 0.25) is 0 Å². The van der Waals surface area contributed by atoms with Crippen molar-refractivity contribution in [3.8, 4) is 0 Å². The number of unbranched alkanes of at least 4 members (excludes halogenated alkanes) is 29. The third kappa shape index (κ3) is 27.1. The summed E-state index contributed by atoms with van der Waals surface area (Å²) >= 11 is 0. The van der Waals surface area contributed by atoms with Crippen molar-refractivity contribution in [3.05, 3.63) is 0 Å². The maximum atomic E-state index is 13.6. The molecule has 1 unspecified atom stereocenters. The Morgan fingerprint density at radius 2 is 0.840 bits per heavy atom. The lowest BCUT2D eigenvalue weighted by molar-refractivity contribution is 0.226. The van der Waals surface area contributed by atoms with E-state index in [1.54, 1.807) is 0 Å². The number of rotatable bonds is 39. The predicted octanol–water partition coefficient (Wildman–Crippen LogP) is 13.2. The second kappa shape index (κ2) is 35.4. The summed E-state index contributed by atoms with van der Waals surface area (Å²) in [6, 6.07) is 0. The van der Waals surface area contributed by atoms with Gasteiger partial charge in [0.05, 0.1) is 6.61 Å². The maximum absolute atomic E-state index is 13.6. The molecule has 0 aromatic carbocycles. The lowest BCUT2D eigenvalue weighted by Crippen LogP contribution is -2.35. The third-order valence-corrected chi connectivity index (χ3v) is 11.9. The highest BCUT2D eigenvalue weighted by molar-refractivity contribution is 7.52. The minimum atomic E-state index is -3.57. The Hall–Kier alpha value is -0.620. The quantitative estimate of drug-likeness (QED) is 0.0502. The van der Waals surface area contributed by atoms with Crippen molar-refractivity contribution in [2.24, 2.45) is 4.76 Å². The van der Waals surface area contributed by atoms with Crippen LogP contribution in [0.4, 0.5) is 0 Å². The monoisotopic (exact) mass is 728 g/mol. The fourth-order valence-corrected chi connectivity index (χ4v) is 8.24. The zero-order valence-corrected chi connectivity index (χ0v) is 34.7. The van der Waals surface area contributed by atoms with E-state index in [0.29, 0.717) is 6.61 Å². The van der Waals surface area contributed by atoms with Gasteiger partial charge >= 0.3 is 7.75 Å². The van der Waals surface area contributed by atoms with Crippen LogP contribution in [0.1, 0.15) is 219 Å². The standard InChI is InChI=1S/C42H86N3O4P/c1-4-6-8-10-12-14-16-18-20-22-24-26-28-32-36-44-38-39-45(42(44)43-50(47,48-3)49-41-35-31-30-34-40-46)37-33-29-27-25-23-21-19-17-15-13-11-9-7-5-2/h46H,4-41H2,1-3H3. The maximum Gasteiger partial charge on any atom is 0.456 e. The van der Waals surface area contributed by atoms with Crippen LogP contribution < -0.4 is 0 Å². The van der Waals surface area contributed by atoms with Crippen LogP contribution in [0.15, 0.2) is 4.76 Å². The zero-order valence-electron chi connectivity index (χ0n) is 33.8. The predicted molar refractivity (Wildman–Crippen MR) is 217 cm³/mol. The molecule has 0 bridgehead atoms. The largest absolute Gasteiger partial charge is 0.456 e. The van der Waals surface area contributed by atoms with Gasteiger partial charge in [-0.05, 0) is 25.7 Å². The molecule has 1 rings (SSSR count). The summed E-state index contributed by atoms with van der Waals surface area (Å²) in [5, 5.41) is 9.03. The fourth-order valence-electron chi connectivity index (χ4n) is 7.17. The highest BCUT2D eigenvalue weighted by Crippen LogP contribution is 2.50. The summed E-state index contributed by atoms with van der Waals surface area (Å²) < 4.78 is 29.6. The lowest BCUT2D eigenvalue weighted by atomic mass is 10.0. The molecule has 0 saturated carbocycles. The minimum absolute atomic E-state index is 0.218. The first-order chi connectivity index (χ1) is 24.6. The average Bonchev–Trinajstić information content (AvgIpc) is 3.49. The van der Waals surface area contributed by atoms with Crippen LogP contribution in [0.25, 0.3) is 0 Å². The number of aliphatic hydroxyl groups is 1. The number of nitrogens with zero attached hydrogens (tertiary/aromatic N) is 3. The van der Waals surface area contributed by atoms with Crippen molar-refractivity contribution in [1.82, 2.24) is 9.80 Å². The SMILES string of the molecule is CCCCCCCCCCCCCCCCN1CCN(CCCCCCCCCCCCCCCC)C1=NP(=O)(OC)OCCCCCCO. The van der Waals surface area contributed by atoms with Gasteiger partial charge in [0, 0.05) is 39.9 Å². The first-order valence-corrected chi connectivity index (χ1v) is 23.6. The molecule has 0 aliphatic carbocycles. The second-order valence-electron chi connectivity index (χ2n) is 15.2.